The van der Waals surface area contributed by atoms with Crippen LogP contribution in [0.25, 0.3) is 0 Å². The van der Waals surface area contributed by atoms with Gasteiger partial charge < -0.3 is 15.5 Å². The highest BCUT2D eigenvalue weighted by atomic mass is 35.5. The number of hydrogen-bond donors (Lipinski definition) is 2. The summed E-state index contributed by atoms with van der Waals surface area (Å²) in [7, 11) is 3.42. The molecule has 0 radical (unpaired) electrons. The second-order valence-corrected chi connectivity index (χ2v) is 5.67. The van der Waals surface area contributed by atoms with E-state index in [1.165, 1.54) is 4.90 Å². The summed E-state index contributed by atoms with van der Waals surface area (Å²) in [6.45, 7) is 1.56. The maximum atomic E-state index is 12.3. The van der Waals surface area contributed by atoms with E-state index in [4.69, 9.17) is 0 Å². The smallest absolute Gasteiger partial charge is 0.244 e. The molecular formula is C16H24ClN3O2. The van der Waals surface area contributed by atoms with Gasteiger partial charge in [0.15, 0.2) is 0 Å². The molecule has 0 saturated carbocycles. The summed E-state index contributed by atoms with van der Waals surface area (Å²) in [6.07, 6.45) is 1.35. The quantitative estimate of drug-likeness (QED) is 0.843. The lowest BCUT2D eigenvalue weighted by Gasteiger charge is -2.23. The summed E-state index contributed by atoms with van der Waals surface area (Å²) in [4.78, 5) is 26.1. The van der Waals surface area contributed by atoms with Gasteiger partial charge in [0, 0.05) is 27.1 Å². The molecule has 1 saturated heterocycles. The number of carbonyl (C=O) groups excluding carboxylic acids is 2. The number of benzene rings is 1. The topological polar surface area (TPSA) is 61.4 Å². The number of amides is 2. The van der Waals surface area contributed by atoms with Gasteiger partial charge in [0.25, 0.3) is 0 Å². The van der Waals surface area contributed by atoms with Gasteiger partial charge in [0.2, 0.25) is 11.8 Å². The van der Waals surface area contributed by atoms with E-state index in [1.54, 1.807) is 14.1 Å². The zero-order valence-corrected chi connectivity index (χ0v) is 13.9. The molecular weight excluding hydrogens is 302 g/mol. The van der Waals surface area contributed by atoms with E-state index >= 15 is 0 Å². The molecule has 2 atom stereocenters. The lowest BCUT2D eigenvalue weighted by atomic mass is 10.0. The van der Waals surface area contributed by atoms with Gasteiger partial charge in [-0.15, -0.1) is 12.4 Å². The molecule has 0 aliphatic carbocycles. The normalized spacial score (nSPS) is 18.2. The Morgan fingerprint density at radius 3 is 2.55 bits per heavy atom. The second-order valence-electron chi connectivity index (χ2n) is 5.67. The molecule has 1 aliphatic rings. The van der Waals surface area contributed by atoms with E-state index in [-0.39, 0.29) is 30.1 Å². The monoisotopic (exact) mass is 325 g/mol. The fourth-order valence-corrected chi connectivity index (χ4v) is 2.53. The average Bonchev–Trinajstić information content (AvgIpc) is 3.01. The van der Waals surface area contributed by atoms with E-state index in [2.05, 4.69) is 10.6 Å². The van der Waals surface area contributed by atoms with E-state index in [1.807, 2.05) is 30.3 Å². The van der Waals surface area contributed by atoms with Crippen molar-refractivity contribution in [3.05, 3.63) is 35.9 Å². The number of carbonyl (C=O) groups is 2. The van der Waals surface area contributed by atoms with Crippen LogP contribution in [-0.4, -0.2) is 49.9 Å². The third kappa shape index (κ3) is 5.00. The van der Waals surface area contributed by atoms with E-state index in [9.17, 15) is 9.59 Å². The maximum absolute atomic E-state index is 12.3. The third-order valence-corrected chi connectivity index (χ3v) is 3.77. The van der Waals surface area contributed by atoms with Crippen molar-refractivity contribution in [2.24, 2.45) is 5.92 Å². The van der Waals surface area contributed by atoms with Crippen LogP contribution in [-0.2, 0) is 16.0 Å². The van der Waals surface area contributed by atoms with Gasteiger partial charge in [-0.3, -0.25) is 9.59 Å². The standard InChI is InChI=1S/C16H23N3O2.ClH/c1-19(2)16(21)14(10-12-6-4-3-5-7-12)18-15(20)13-8-9-17-11-13;/h3-7,13-14,17H,8-11H2,1-2H3,(H,18,20);1H. The number of likely N-dealkylation sites (N-methyl/N-ethyl adjacent to an activating group) is 1. The summed E-state index contributed by atoms with van der Waals surface area (Å²) >= 11 is 0. The summed E-state index contributed by atoms with van der Waals surface area (Å²) in [5.41, 5.74) is 1.04. The van der Waals surface area contributed by atoms with Crippen LogP contribution in [0, 0.1) is 5.92 Å². The lowest BCUT2D eigenvalue weighted by Crippen LogP contribution is -2.49. The molecule has 5 nitrogen and oxygen atoms in total. The minimum atomic E-state index is -0.504. The molecule has 1 heterocycles. The van der Waals surface area contributed by atoms with Crippen LogP contribution in [0.1, 0.15) is 12.0 Å². The van der Waals surface area contributed by atoms with Crippen LogP contribution in [0.15, 0.2) is 30.3 Å². The number of hydrogen-bond acceptors (Lipinski definition) is 3. The van der Waals surface area contributed by atoms with Crippen molar-refractivity contribution in [3.8, 4) is 0 Å². The first-order valence-electron chi connectivity index (χ1n) is 7.34. The molecule has 1 aliphatic heterocycles. The van der Waals surface area contributed by atoms with Crippen LogP contribution in [0.5, 0.6) is 0 Å². The molecule has 1 fully saturated rings. The molecule has 2 N–H and O–H groups in total. The highest BCUT2D eigenvalue weighted by molar-refractivity contribution is 5.88. The minimum Gasteiger partial charge on any atom is -0.347 e. The molecule has 0 aromatic heterocycles. The van der Waals surface area contributed by atoms with Crippen LogP contribution < -0.4 is 10.6 Å². The molecule has 6 heteroatoms. The Balaban J connectivity index is 0.00000242. The van der Waals surface area contributed by atoms with Crippen LogP contribution >= 0.6 is 12.4 Å². The predicted molar refractivity (Wildman–Crippen MR) is 89.0 cm³/mol. The lowest BCUT2D eigenvalue weighted by molar-refractivity contribution is -0.135. The molecule has 2 amide bonds. The predicted octanol–water partition coefficient (Wildman–Crippen LogP) is 0.833. The van der Waals surface area contributed by atoms with Crippen LogP contribution in [0.3, 0.4) is 0 Å². The molecule has 0 spiro atoms. The summed E-state index contributed by atoms with van der Waals surface area (Å²) < 4.78 is 0. The van der Waals surface area contributed by atoms with Gasteiger partial charge in [-0.2, -0.15) is 0 Å². The zero-order chi connectivity index (χ0) is 15.2. The first kappa shape index (κ1) is 18.5. The number of rotatable bonds is 5. The molecule has 2 unspecified atom stereocenters. The third-order valence-electron chi connectivity index (χ3n) is 3.77. The molecule has 0 bridgehead atoms. The van der Waals surface area contributed by atoms with E-state index < -0.39 is 6.04 Å². The molecule has 1 aromatic carbocycles. The minimum absolute atomic E-state index is 0. The Hall–Kier alpha value is -1.59. The fourth-order valence-electron chi connectivity index (χ4n) is 2.53. The second kappa shape index (κ2) is 8.76. The van der Waals surface area contributed by atoms with Crippen molar-refractivity contribution in [1.82, 2.24) is 15.5 Å². The van der Waals surface area contributed by atoms with Crippen LogP contribution in [0.2, 0.25) is 0 Å². The largest absolute Gasteiger partial charge is 0.347 e. The SMILES string of the molecule is CN(C)C(=O)C(Cc1ccccc1)NC(=O)C1CCNC1.Cl. The summed E-state index contributed by atoms with van der Waals surface area (Å²) in [5.74, 6) is -0.132. The van der Waals surface area contributed by atoms with Crippen molar-refractivity contribution in [2.45, 2.75) is 18.9 Å². The Kier molecular flexibility index (Phi) is 7.35. The summed E-state index contributed by atoms with van der Waals surface area (Å²) in [6, 6.07) is 9.26. The first-order chi connectivity index (χ1) is 10.1. The molecule has 2 rings (SSSR count). The average molecular weight is 326 g/mol. The fraction of sp³-hybridized carbons (Fsp3) is 0.500. The highest BCUT2D eigenvalue weighted by Gasteiger charge is 2.28. The van der Waals surface area contributed by atoms with Crippen molar-refractivity contribution in [3.63, 3.8) is 0 Å². The molecule has 1 aromatic rings. The number of halogens is 1. The van der Waals surface area contributed by atoms with Gasteiger partial charge in [-0.25, -0.2) is 0 Å². The van der Waals surface area contributed by atoms with Crippen molar-refractivity contribution in [2.75, 3.05) is 27.2 Å². The number of nitrogens with one attached hydrogen (secondary N) is 2. The van der Waals surface area contributed by atoms with E-state index in [0.717, 1.165) is 18.5 Å². The van der Waals surface area contributed by atoms with Gasteiger partial charge in [-0.05, 0) is 18.5 Å². The van der Waals surface area contributed by atoms with Crippen molar-refractivity contribution < 1.29 is 9.59 Å². The zero-order valence-electron chi connectivity index (χ0n) is 13.0. The highest BCUT2D eigenvalue weighted by Crippen LogP contribution is 2.10. The van der Waals surface area contributed by atoms with Gasteiger partial charge >= 0.3 is 0 Å². The Morgan fingerprint density at radius 2 is 2.00 bits per heavy atom. The molecule has 22 heavy (non-hydrogen) atoms. The van der Waals surface area contributed by atoms with Gasteiger partial charge in [-0.1, -0.05) is 30.3 Å². The summed E-state index contributed by atoms with van der Waals surface area (Å²) in [5, 5.41) is 6.09. The van der Waals surface area contributed by atoms with E-state index in [0.29, 0.717) is 13.0 Å². The van der Waals surface area contributed by atoms with Crippen molar-refractivity contribution in [1.29, 1.82) is 0 Å². The number of nitrogens with zero attached hydrogens (tertiary/aromatic N) is 1. The maximum Gasteiger partial charge on any atom is 0.244 e. The Bertz CT molecular complexity index is 487. The molecule has 122 valence electrons. The van der Waals surface area contributed by atoms with Crippen molar-refractivity contribution >= 4 is 24.2 Å². The first-order valence-corrected chi connectivity index (χ1v) is 7.34. The van der Waals surface area contributed by atoms with Gasteiger partial charge in [0.1, 0.15) is 6.04 Å². The Morgan fingerprint density at radius 1 is 1.32 bits per heavy atom. The van der Waals surface area contributed by atoms with Crippen LogP contribution in [0.4, 0.5) is 0 Å². The van der Waals surface area contributed by atoms with Gasteiger partial charge in [0.05, 0.1) is 5.92 Å². The Labute approximate surface area is 137 Å².